The number of carbonyl (C=O) groups is 1. The van der Waals surface area contributed by atoms with Gasteiger partial charge in [-0.25, -0.2) is 0 Å². The van der Waals surface area contributed by atoms with Gasteiger partial charge in [-0.15, -0.1) is 0 Å². The van der Waals surface area contributed by atoms with Crippen LogP contribution in [0.4, 0.5) is 0 Å². The molecule has 0 heterocycles. The molecule has 1 aromatic rings. The van der Waals surface area contributed by atoms with E-state index >= 15 is 0 Å². The Balaban J connectivity index is 2.52. The van der Waals surface area contributed by atoms with Gasteiger partial charge in [-0.3, -0.25) is 4.79 Å². The summed E-state index contributed by atoms with van der Waals surface area (Å²) in [4.78, 5) is 18.1. The Bertz CT molecular complexity index is 1010. The van der Waals surface area contributed by atoms with Crippen molar-refractivity contribution < 1.29 is 15.0 Å². The summed E-state index contributed by atoms with van der Waals surface area (Å²) in [5, 5.41) is 22.3. The van der Waals surface area contributed by atoms with Crippen LogP contribution in [0.5, 0.6) is 11.5 Å². The number of benzene rings is 1. The molecule has 0 aliphatic heterocycles. The molecule has 0 aliphatic carbocycles. The van der Waals surface area contributed by atoms with Crippen LogP contribution in [0.1, 0.15) is 251 Å². The molecule has 6 heteroatoms. The summed E-state index contributed by atoms with van der Waals surface area (Å²) in [6, 6.07) is 4.86. The largest absolute Gasteiger partial charge is 0.504 e. The van der Waals surface area contributed by atoms with E-state index in [9.17, 15) is 15.0 Å². The molecule has 59 heavy (non-hydrogen) atoms. The maximum Gasteiger partial charge on any atom is 0.220 e. The van der Waals surface area contributed by atoms with Crippen LogP contribution in [0.3, 0.4) is 0 Å². The zero-order chi connectivity index (χ0) is 42.7. The maximum absolute atomic E-state index is 12.5. The molecule has 0 saturated heterocycles. The van der Waals surface area contributed by atoms with Crippen molar-refractivity contribution in [3.63, 3.8) is 0 Å². The van der Waals surface area contributed by atoms with E-state index in [4.69, 9.17) is 0 Å². The SMILES string of the molecule is CCCCCCCCCCCCN(CCCCCCCCCCCC)CCCN(CCCCCCCCCCCC)CCCCCC(=O)NCCc1ccc(O)c(O)c1. The van der Waals surface area contributed by atoms with Gasteiger partial charge in [0.15, 0.2) is 11.5 Å². The van der Waals surface area contributed by atoms with Gasteiger partial charge in [0.05, 0.1) is 0 Å². The molecule has 0 radical (unpaired) electrons. The highest BCUT2D eigenvalue weighted by molar-refractivity contribution is 5.75. The molecule has 0 saturated carbocycles. The average molecular weight is 828 g/mol. The van der Waals surface area contributed by atoms with Crippen LogP contribution >= 0.6 is 0 Å². The number of carbonyl (C=O) groups excluding carboxylic acids is 1. The van der Waals surface area contributed by atoms with Crippen molar-refractivity contribution in [2.24, 2.45) is 0 Å². The molecule has 0 unspecified atom stereocenters. The molecular formula is C53H101N3O3. The number of nitrogens with zero attached hydrogens (tertiary/aromatic N) is 2. The zero-order valence-electron chi connectivity index (χ0n) is 39.8. The van der Waals surface area contributed by atoms with Crippen LogP contribution in [-0.4, -0.2) is 71.7 Å². The lowest BCUT2D eigenvalue weighted by Crippen LogP contribution is -2.32. The average Bonchev–Trinajstić information content (AvgIpc) is 3.23. The predicted molar refractivity (Wildman–Crippen MR) is 258 cm³/mol. The molecule has 0 aliphatic rings. The Hall–Kier alpha value is -1.79. The van der Waals surface area contributed by atoms with Crippen molar-refractivity contribution in [2.75, 3.05) is 45.8 Å². The van der Waals surface area contributed by atoms with E-state index in [0.29, 0.717) is 19.4 Å². The van der Waals surface area contributed by atoms with E-state index < -0.39 is 0 Å². The number of hydrogen-bond donors (Lipinski definition) is 3. The summed E-state index contributed by atoms with van der Waals surface area (Å²) in [7, 11) is 0. The first kappa shape index (κ1) is 55.2. The third-order valence-electron chi connectivity index (χ3n) is 12.6. The van der Waals surface area contributed by atoms with Crippen LogP contribution in [0.15, 0.2) is 18.2 Å². The number of phenols is 2. The molecule has 1 amide bonds. The van der Waals surface area contributed by atoms with E-state index in [1.54, 1.807) is 12.1 Å². The van der Waals surface area contributed by atoms with Crippen LogP contribution in [0.25, 0.3) is 0 Å². The van der Waals surface area contributed by atoms with Gasteiger partial charge in [0.25, 0.3) is 0 Å². The van der Waals surface area contributed by atoms with E-state index in [2.05, 4.69) is 35.9 Å². The maximum atomic E-state index is 12.5. The Labute approximate surface area is 367 Å². The second-order valence-electron chi connectivity index (χ2n) is 18.3. The number of aromatic hydroxyl groups is 2. The minimum absolute atomic E-state index is 0.109. The van der Waals surface area contributed by atoms with Crippen LogP contribution in [-0.2, 0) is 11.2 Å². The van der Waals surface area contributed by atoms with E-state index in [0.717, 1.165) is 24.9 Å². The third kappa shape index (κ3) is 36.6. The zero-order valence-corrected chi connectivity index (χ0v) is 39.8. The summed E-state index contributed by atoms with van der Waals surface area (Å²) in [6.07, 6.45) is 47.7. The van der Waals surface area contributed by atoms with Crippen molar-refractivity contribution in [2.45, 2.75) is 252 Å². The fourth-order valence-corrected chi connectivity index (χ4v) is 8.61. The van der Waals surface area contributed by atoms with E-state index in [1.807, 2.05) is 0 Å². The van der Waals surface area contributed by atoms with E-state index in [-0.39, 0.29) is 17.4 Å². The summed E-state index contributed by atoms with van der Waals surface area (Å²) < 4.78 is 0. The minimum atomic E-state index is -0.110. The Kier molecular flexibility index (Phi) is 40.1. The van der Waals surface area contributed by atoms with Gasteiger partial charge in [-0.05, 0) is 102 Å². The van der Waals surface area contributed by atoms with Crippen molar-refractivity contribution in [1.29, 1.82) is 0 Å². The molecule has 1 rings (SSSR count). The molecular weight excluding hydrogens is 727 g/mol. The molecule has 0 fully saturated rings. The quantitative estimate of drug-likeness (QED) is 0.0451. The normalized spacial score (nSPS) is 11.7. The molecule has 346 valence electrons. The monoisotopic (exact) mass is 828 g/mol. The molecule has 0 spiro atoms. The predicted octanol–water partition coefficient (Wildman–Crippen LogP) is 15.1. The number of rotatable bonds is 46. The second kappa shape index (κ2) is 42.9. The van der Waals surface area contributed by atoms with Crippen LogP contribution in [0, 0.1) is 0 Å². The Morgan fingerprint density at radius 3 is 1.10 bits per heavy atom. The number of nitrogens with one attached hydrogen (secondary N) is 1. The van der Waals surface area contributed by atoms with Gasteiger partial charge in [0, 0.05) is 13.0 Å². The first-order chi connectivity index (χ1) is 29.0. The number of phenolic OH excluding ortho intramolecular Hbond substituents is 2. The van der Waals surface area contributed by atoms with E-state index in [1.165, 1.54) is 244 Å². The summed E-state index contributed by atoms with van der Waals surface area (Å²) in [5.41, 5.74) is 0.906. The Morgan fingerprint density at radius 2 is 0.746 bits per heavy atom. The van der Waals surface area contributed by atoms with Gasteiger partial charge in [0.2, 0.25) is 5.91 Å². The molecule has 0 bridgehead atoms. The first-order valence-corrected chi connectivity index (χ1v) is 26.2. The van der Waals surface area contributed by atoms with Crippen LogP contribution < -0.4 is 5.32 Å². The lowest BCUT2D eigenvalue weighted by atomic mass is 10.1. The highest BCUT2D eigenvalue weighted by Gasteiger charge is 2.10. The third-order valence-corrected chi connectivity index (χ3v) is 12.6. The fraction of sp³-hybridized carbons (Fsp3) is 0.868. The first-order valence-electron chi connectivity index (χ1n) is 26.2. The van der Waals surface area contributed by atoms with Gasteiger partial charge < -0.3 is 25.3 Å². The molecule has 6 nitrogen and oxygen atoms in total. The fourth-order valence-electron chi connectivity index (χ4n) is 8.61. The number of hydrogen-bond acceptors (Lipinski definition) is 5. The van der Waals surface area contributed by atoms with Gasteiger partial charge in [0.1, 0.15) is 0 Å². The van der Waals surface area contributed by atoms with Crippen molar-refractivity contribution in [1.82, 2.24) is 15.1 Å². The summed E-state index contributed by atoms with van der Waals surface area (Å²) in [5.74, 6) is -0.108. The van der Waals surface area contributed by atoms with Gasteiger partial charge in [-0.1, -0.05) is 207 Å². The topological polar surface area (TPSA) is 76.0 Å². The van der Waals surface area contributed by atoms with Gasteiger partial charge in [-0.2, -0.15) is 0 Å². The molecule has 1 aromatic carbocycles. The lowest BCUT2D eigenvalue weighted by molar-refractivity contribution is -0.121. The van der Waals surface area contributed by atoms with Crippen molar-refractivity contribution in [3.8, 4) is 11.5 Å². The van der Waals surface area contributed by atoms with Crippen molar-refractivity contribution >= 4 is 5.91 Å². The summed E-state index contributed by atoms with van der Waals surface area (Å²) >= 11 is 0. The lowest BCUT2D eigenvalue weighted by Gasteiger charge is -2.26. The van der Waals surface area contributed by atoms with Crippen LogP contribution in [0.2, 0.25) is 0 Å². The summed E-state index contributed by atoms with van der Waals surface area (Å²) in [6.45, 7) is 14.9. The minimum Gasteiger partial charge on any atom is -0.504 e. The highest BCUT2D eigenvalue weighted by atomic mass is 16.3. The second-order valence-corrected chi connectivity index (χ2v) is 18.3. The standard InChI is InChI=1S/C53H101N3O3/c1-4-7-10-13-16-19-22-25-28-33-43-55(44-34-29-26-23-20-17-14-11-8-5-2)47-37-48-56(45-35-30-27-24-21-18-15-12-9-6-3)46-36-31-32-38-53(59)54-42-41-50-39-40-51(57)52(58)49-50/h39-40,49,57-58H,4-38,41-48H2,1-3H3,(H,54,59). The smallest absolute Gasteiger partial charge is 0.220 e. The molecule has 3 N–H and O–H groups in total. The van der Waals surface area contributed by atoms with Crippen molar-refractivity contribution in [3.05, 3.63) is 23.8 Å². The molecule has 0 aromatic heterocycles. The molecule has 0 atom stereocenters. The number of amides is 1. The number of unbranched alkanes of at least 4 members (excludes halogenated alkanes) is 29. The highest BCUT2D eigenvalue weighted by Crippen LogP contribution is 2.25. The Morgan fingerprint density at radius 1 is 0.424 bits per heavy atom. The van der Waals surface area contributed by atoms with Gasteiger partial charge >= 0.3 is 0 Å².